The van der Waals surface area contributed by atoms with E-state index in [1.165, 1.54) is 0 Å². The molecule has 0 aromatic heterocycles. The summed E-state index contributed by atoms with van der Waals surface area (Å²) in [7, 11) is 0. The highest BCUT2D eigenvalue weighted by atomic mass is 16.4. The minimum absolute atomic E-state index is 0.169. The van der Waals surface area contributed by atoms with Crippen LogP contribution in [0.25, 0.3) is 0 Å². The Morgan fingerprint density at radius 1 is 1.19 bits per heavy atom. The average molecular weight is 290 g/mol. The fourth-order valence-corrected chi connectivity index (χ4v) is 2.64. The molecule has 0 radical (unpaired) electrons. The predicted octanol–water partition coefficient (Wildman–Crippen LogP) is -0.328. The lowest BCUT2D eigenvalue weighted by Crippen LogP contribution is -2.53. The summed E-state index contributed by atoms with van der Waals surface area (Å²) in [4.78, 5) is 36.0. The van der Waals surface area contributed by atoms with Gasteiger partial charge < -0.3 is 21.1 Å². The second-order valence-corrected chi connectivity index (χ2v) is 4.94. The Kier molecular flexibility index (Phi) is 3.13. The molecule has 2 aliphatic rings. The van der Waals surface area contributed by atoms with Gasteiger partial charge in [-0.15, -0.1) is 0 Å². The molecule has 0 unspecified atom stereocenters. The van der Waals surface area contributed by atoms with Crippen LogP contribution in [-0.4, -0.2) is 46.4 Å². The fraction of sp³-hybridized carbons (Fsp3) is 0.308. The van der Waals surface area contributed by atoms with Crippen molar-refractivity contribution >= 4 is 18.0 Å². The molecule has 0 aliphatic carbocycles. The number of benzene rings is 1. The van der Waals surface area contributed by atoms with Crippen LogP contribution in [0, 0.1) is 0 Å². The second-order valence-electron chi connectivity index (χ2n) is 4.94. The van der Waals surface area contributed by atoms with Gasteiger partial charge in [0.25, 0.3) is 0 Å². The maximum Gasteiger partial charge on any atom is 0.326 e. The first-order valence-electron chi connectivity index (χ1n) is 6.49. The summed E-state index contributed by atoms with van der Waals surface area (Å²) in [6.45, 7) is 0. The van der Waals surface area contributed by atoms with Gasteiger partial charge in [-0.3, -0.25) is 4.90 Å². The molecule has 21 heavy (non-hydrogen) atoms. The Labute approximate surface area is 120 Å². The van der Waals surface area contributed by atoms with Crippen LogP contribution in [0.2, 0.25) is 0 Å². The lowest BCUT2D eigenvalue weighted by atomic mass is 10.0. The van der Waals surface area contributed by atoms with Crippen molar-refractivity contribution in [1.29, 1.82) is 0 Å². The molecule has 3 atom stereocenters. The summed E-state index contributed by atoms with van der Waals surface area (Å²) in [5.41, 5.74) is 0.804. The van der Waals surface area contributed by atoms with Gasteiger partial charge in [0, 0.05) is 6.42 Å². The number of rotatable bonds is 4. The van der Waals surface area contributed by atoms with E-state index in [0.717, 1.165) is 10.5 Å². The van der Waals surface area contributed by atoms with Crippen molar-refractivity contribution in [3.63, 3.8) is 0 Å². The molecule has 4 N–H and O–H groups in total. The number of urea groups is 2. The van der Waals surface area contributed by atoms with Gasteiger partial charge in [-0.25, -0.2) is 14.4 Å². The maximum atomic E-state index is 12.0. The number of carbonyl (C=O) groups excluding carboxylic acids is 2. The number of carbonyl (C=O) groups is 3. The zero-order valence-electron chi connectivity index (χ0n) is 10.9. The summed E-state index contributed by atoms with van der Waals surface area (Å²) in [6, 6.07) is 7.04. The third-order valence-electron chi connectivity index (χ3n) is 3.59. The molecule has 1 aromatic rings. The van der Waals surface area contributed by atoms with Crippen LogP contribution < -0.4 is 16.0 Å². The van der Waals surface area contributed by atoms with Crippen LogP contribution in [0.1, 0.15) is 5.56 Å². The van der Waals surface area contributed by atoms with Gasteiger partial charge >= 0.3 is 18.0 Å². The van der Waals surface area contributed by atoms with Crippen LogP contribution in [0.15, 0.2) is 30.3 Å². The molecule has 0 saturated carbocycles. The molecule has 0 spiro atoms. The van der Waals surface area contributed by atoms with Gasteiger partial charge in [0.05, 0.1) is 0 Å². The number of nitrogens with one attached hydrogen (secondary N) is 3. The maximum absolute atomic E-state index is 12.0. The van der Waals surface area contributed by atoms with Crippen molar-refractivity contribution in [2.24, 2.45) is 0 Å². The molecule has 2 aliphatic heterocycles. The highest BCUT2D eigenvalue weighted by Gasteiger charge is 2.49. The highest BCUT2D eigenvalue weighted by molar-refractivity contribution is 5.88. The van der Waals surface area contributed by atoms with Crippen molar-refractivity contribution < 1.29 is 19.5 Å². The third-order valence-corrected chi connectivity index (χ3v) is 3.59. The van der Waals surface area contributed by atoms with E-state index in [1.807, 2.05) is 6.07 Å². The minimum atomic E-state index is -1.11. The van der Waals surface area contributed by atoms with Crippen LogP contribution >= 0.6 is 0 Å². The molecule has 0 bridgehead atoms. The summed E-state index contributed by atoms with van der Waals surface area (Å²) in [5, 5.41) is 17.1. The van der Waals surface area contributed by atoms with Crippen LogP contribution in [0.5, 0.6) is 0 Å². The van der Waals surface area contributed by atoms with E-state index in [9.17, 15) is 19.5 Å². The van der Waals surface area contributed by atoms with Gasteiger partial charge in [0.1, 0.15) is 18.4 Å². The number of carboxylic acids is 1. The van der Waals surface area contributed by atoms with Crippen LogP contribution in [-0.2, 0) is 11.2 Å². The molecule has 1 aromatic carbocycles. The Morgan fingerprint density at radius 3 is 2.57 bits per heavy atom. The lowest BCUT2D eigenvalue weighted by Gasteiger charge is -2.27. The number of carboxylic acid groups (broad SMARTS) is 1. The molecule has 2 saturated heterocycles. The largest absolute Gasteiger partial charge is 0.480 e. The van der Waals surface area contributed by atoms with Crippen LogP contribution in [0.3, 0.4) is 0 Å². The van der Waals surface area contributed by atoms with E-state index in [0.29, 0.717) is 0 Å². The third kappa shape index (κ3) is 2.35. The Bertz CT molecular complexity index is 591. The molecule has 2 fully saturated rings. The standard InChI is InChI=1S/C13H14N4O4/c18-11(19)8(6-7-4-2-1-3-5-7)17-10-9(15-13(17)21)14-12(20)16-10/h1-5,8-10H,6H2,(H,15,21)(H,18,19)(H2,14,16,20)/t8-,9-,10-/m0/s1. The molecule has 8 nitrogen and oxygen atoms in total. The van der Waals surface area contributed by atoms with E-state index in [2.05, 4.69) is 16.0 Å². The normalized spacial score (nSPS) is 24.9. The van der Waals surface area contributed by atoms with Gasteiger partial charge in [0.2, 0.25) is 0 Å². The summed E-state index contributed by atoms with van der Waals surface area (Å²) in [5.74, 6) is -1.11. The Hall–Kier alpha value is -2.77. The smallest absolute Gasteiger partial charge is 0.326 e. The summed E-state index contributed by atoms with van der Waals surface area (Å²) in [6.07, 6.45) is -1.14. The van der Waals surface area contributed by atoms with E-state index < -0.39 is 36.4 Å². The summed E-state index contributed by atoms with van der Waals surface area (Å²) < 4.78 is 0. The van der Waals surface area contributed by atoms with E-state index in [1.54, 1.807) is 24.3 Å². The van der Waals surface area contributed by atoms with Crippen molar-refractivity contribution in [3.05, 3.63) is 35.9 Å². The van der Waals surface area contributed by atoms with Crippen LogP contribution in [0.4, 0.5) is 9.59 Å². The molecule has 4 amide bonds. The Balaban J connectivity index is 1.85. The molecular weight excluding hydrogens is 276 g/mol. The lowest BCUT2D eigenvalue weighted by molar-refractivity contribution is -0.142. The zero-order valence-corrected chi connectivity index (χ0v) is 10.9. The number of hydrogen-bond acceptors (Lipinski definition) is 3. The number of nitrogens with zero attached hydrogens (tertiary/aromatic N) is 1. The first-order chi connectivity index (χ1) is 10.1. The molecule has 110 valence electrons. The highest BCUT2D eigenvalue weighted by Crippen LogP contribution is 2.20. The van der Waals surface area contributed by atoms with Gasteiger partial charge in [-0.1, -0.05) is 30.3 Å². The number of amides is 4. The quantitative estimate of drug-likeness (QED) is 0.608. The molecular formula is C13H14N4O4. The molecule has 3 rings (SSSR count). The fourth-order valence-electron chi connectivity index (χ4n) is 2.64. The second kappa shape index (κ2) is 4.97. The Morgan fingerprint density at radius 2 is 1.90 bits per heavy atom. The van der Waals surface area contributed by atoms with Crippen molar-refractivity contribution in [2.45, 2.75) is 24.8 Å². The van der Waals surface area contributed by atoms with Crippen molar-refractivity contribution in [1.82, 2.24) is 20.9 Å². The van der Waals surface area contributed by atoms with Crippen molar-refractivity contribution in [3.8, 4) is 0 Å². The molecule has 8 heteroatoms. The van der Waals surface area contributed by atoms with Crippen molar-refractivity contribution in [2.75, 3.05) is 0 Å². The zero-order chi connectivity index (χ0) is 15.0. The topological polar surface area (TPSA) is 111 Å². The van der Waals surface area contributed by atoms with Gasteiger partial charge in [0.15, 0.2) is 0 Å². The number of hydrogen-bond donors (Lipinski definition) is 4. The first kappa shape index (κ1) is 13.2. The first-order valence-corrected chi connectivity index (χ1v) is 6.49. The SMILES string of the molecule is O=C1N[C@H]2NC(=O)N([C@@H](Cc3ccccc3)C(=O)O)[C@@H]2N1. The van der Waals surface area contributed by atoms with Gasteiger partial charge in [-0.05, 0) is 5.56 Å². The van der Waals surface area contributed by atoms with E-state index >= 15 is 0 Å². The monoisotopic (exact) mass is 290 g/mol. The minimum Gasteiger partial charge on any atom is -0.480 e. The average Bonchev–Trinajstić information content (AvgIpc) is 2.92. The summed E-state index contributed by atoms with van der Waals surface area (Å²) >= 11 is 0. The van der Waals surface area contributed by atoms with E-state index in [4.69, 9.17) is 0 Å². The van der Waals surface area contributed by atoms with E-state index in [-0.39, 0.29) is 6.42 Å². The number of fused-ring (bicyclic) bond motifs is 1. The predicted molar refractivity (Wildman–Crippen MR) is 71.2 cm³/mol. The number of aliphatic carboxylic acids is 1. The van der Waals surface area contributed by atoms with Gasteiger partial charge in [-0.2, -0.15) is 0 Å². The molecule has 2 heterocycles.